The molecule has 45 heavy (non-hydrogen) atoms. The third kappa shape index (κ3) is 22.1. The molecule has 264 valence electrons. The first-order valence-electron chi connectivity index (χ1n) is 13.6. The Kier molecular flexibility index (Phi) is 30.9. The summed E-state index contributed by atoms with van der Waals surface area (Å²) in [5.74, 6) is -1.74. The van der Waals surface area contributed by atoms with Gasteiger partial charge in [-0.1, -0.05) is 0 Å². The van der Waals surface area contributed by atoms with Gasteiger partial charge in [-0.15, -0.1) is 0 Å². The Balaban J connectivity index is -0.000000372. The van der Waals surface area contributed by atoms with Gasteiger partial charge in [-0.2, -0.15) is 0 Å². The molecule has 0 spiro atoms. The number of amides is 1. The van der Waals surface area contributed by atoms with Crippen LogP contribution < -0.4 is 5.32 Å². The number of carboxylic acid groups (broad SMARTS) is 1. The summed E-state index contributed by atoms with van der Waals surface area (Å²) in [6.45, 7) is 9.28. The maximum Gasteiger partial charge on any atom is 0.314 e. The second kappa shape index (κ2) is 26.5. The van der Waals surface area contributed by atoms with Crippen molar-refractivity contribution in [2.45, 2.75) is 104 Å². The van der Waals surface area contributed by atoms with Crippen LogP contribution in [0.1, 0.15) is 48.5 Å². The largest absolute Gasteiger partial charge is 0.481 e. The molecule has 0 aliphatic carbocycles. The van der Waals surface area contributed by atoms with Gasteiger partial charge in [-0.3, -0.25) is 9.59 Å². The maximum atomic E-state index is 12.7. The topological polar surface area (TPSA) is 274 Å². The van der Waals surface area contributed by atoms with Crippen molar-refractivity contribution in [1.29, 1.82) is 0 Å². The first kappa shape index (κ1) is 52.4. The fraction of sp³-hybridized carbons (Fsp3) is 0.923. The van der Waals surface area contributed by atoms with E-state index in [4.69, 9.17) is 44.1 Å². The molecule has 1 heterocycles. The van der Waals surface area contributed by atoms with E-state index in [9.17, 15) is 35.1 Å². The number of aliphatic carboxylic acids is 1. The maximum absolute atomic E-state index is 12.7. The minimum Gasteiger partial charge on any atom is -0.481 e. The van der Waals surface area contributed by atoms with Crippen LogP contribution in [0.5, 0.6) is 0 Å². The number of carbonyl (C=O) groups is 2. The van der Waals surface area contributed by atoms with Crippen molar-refractivity contribution in [2.24, 2.45) is 10.8 Å². The molecule has 1 aliphatic heterocycles. The van der Waals surface area contributed by atoms with Gasteiger partial charge >= 0.3 is 5.97 Å². The van der Waals surface area contributed by atoms with Gasteiger partial charge in [-0.05, 0) is 48.5 Å². The molecule has 10 N–H and O–H groups in total. The second-order valence-electron chi connectivity index (χ2n) is 10.9. The zero-order valence-electron chi connectivity index (χ0n) is 27.3. The minimum absolute atomic E-state index is 0. The van der Waals surface area contributed by atoms with E-state index < -0.39 is 78.8 Å². The monoisotopic (exact) mass is 813 g/mol. The predicted octanol–water partition coefficient (Wildman–Crippen LogP) is -2.92. The molecule has 1 saturated heterocycles. The number of rotatable bonds is 15. The van der Waals surface area contributed by atoms with Crippen LogP contribution in [0.2, 0.25) is 0 Å². The SMILES string of the molecule is CC(C)O.CC(O)OCC(C)(COC(C)O)C(=O)NC1C(O)O[C@H](CO)[C@H](O)[C@@H]1O.COCC(C)(COC(C)O)C(=O)O.[Y].[Y]. The van der Waals surface area contributed by atoms with Crippen LogP contribution in [0.25, 0.3) is 0 Å². The van der Waals surface area contributed by atoms with Crippen molar-refractivity contribution in [2.75, 3.05) is 40.1 Å². The van der Waals surface area contributed by atoms with Crippen LogP contribution in [0.3, 0.4) is 0 Å². The number of hydrogen-bond acceptors (Lipinski definition) is 15. The van der Waals surface area contributed by atoms with E-state index in [2.05, 4.69) is 5.32 Å². The van der Waals surface area contributed by atoms with Crippen LogP contribution in [-0.2, 0) is 98.7 Å². The fourth-order valence-electron chi connectivity index (χ4n) is 3.15. The molecule has 2 radical (unpaired) electrons. The number of nitrogens with one attached hydrogen (secondary N) is 1. The van der Waals surface area contributed by atoms with Crippen molar-refractivity contribution in [1.82, 2.24) is 5.32 Å². The second-order valence-corrected chi connectivity index (χ2v) is 10.9. The molecule has 9 atom stereocenters. The molecule has 0 bridgehead atoms. The Bertz CT molecular complexity index is 764. The van der Waals surface area contributed by atoms with Gasteiger partial charge in [0.2, 0.25) is 5.91 Å². The molecule has 1 amide bonds. The molecule has 19 heteroatoms. The molecular formula is C26H53NO16Y2. The van der Waals surface area contributed by atoms with Crippen LogP contribution in [0.15, 0.2) is 0 Å². The van der Waals surface area contributed by atoms with Gasteiger partial charge in [0.15, 0.2) is 25.2 Å². The Morgan fingerprint density at radius 1 is 0.778 bits per heavy atom. The Hall–Kier alpha value is 0.628. The summed E-state index contributed by atoms with van der Waals surface area (Å²) >= 11 is 0. The molecule has 0 saturated carbocycles. The number of hydrogen-bond donors (Lipinski definition) is 10. The summed E-state index contributed by atoms with van der Waals surface area (Å²) in [6, 6.07) is -1.38. The smallest absolute Gasteiger partial charge is 0.314 e. The Morgan fingerprint density at radius 3 is 1.47 bits per heavy atom. The van der Waals surface area contributed by atoms with Gasteiger partial charge in [0, 0.05) is 78.6 Å². The normalized spacial score (nSPS) is 25.6. The zero-order valence-corrected chi connectivity index (χ0v) is 32.9. The number of ether oxygens (including phenoxy) is 5. The van der Waals surface area contributed by atoms with E-state index in [1.807, 2.05) is 0 Å². The molecule has 0 aromatic carbocycles. The van der Waals surface area contributed by atoms with Gasteiger partial charge in [0.1, 0.15) is 29.8 Å². The fourth-order valence-corrected chi connectivity index (χ4v) is 3.15. The van der Waals surface area contributed by atoms with E-state index in [1.165, 1.54) is 41.7 Å². The van der Waals surface area contributed by atoms with Crippen LogP contribution >= 0.6 is 0 Å². The quantitative estimate of drug-likeness (QED) is 0.0742. The summed E-state index contributed by atoms with van der Waals surface area (Å²) < 4.78 is 24.7. The first-order chi connectivity index (χ1) is 19.7. The average molecular weight is 814 g/mol. The standard InChI is InChI=1S/C15H29NO10.C8H16O5.C3H8O.2Y/c1-7(18)24-5-15(3,6-25-8(2)19)14(23)16-10-12(21)11(20)9(4-17)26-13(10)22;1-6(9)13-5-8(2,4-12-3)7(10)11;1-3(2)4;;/h7-13,17-22H,4-6H2,1-3H3,(H,16,23);6,9H,4-5H2,1-3H3,(H,10,11);3-4H,1-2H3;;/t7?,8?,9-,10?,11+,12-,13?,15?;;;;/m1..../s1. The summed E-state index contributed by atoms with van der Waals surface area (Å²) in [5, 5.41) is 85.6. The van der Waals surface area contributed by atoms with E-state index >= 15 is 0 Å². The molecule has 0 aromatic rings. The van der Waals surface area contributed by atoms with E-state index in [-0.39, 0.29) is 97.9 Å². The molecular weight excluding hydrogens is 760 g/mol. The predicted molar refractivity (Wildman–Crippen MR) is 148 cm³/mol. The summed E-state index contributed by atoms with van der Waals surface area (Å²) in [6.07, 6.45) is -9.44. The number of carbonyl (C=O) groups excluding carboxylic acids is 1. The average Bonchev–Trinajstić information content (AvgIpc) is 2.89. The van der Waals surface area contributed by atoms with Gasteiger partial charge in [-0.25, -0.2) is 0 Å². The van der Waals surface area contributed by atoms with Crippen molar-refractivity contribution in [3.05, 3.63) is 0 Å². The summed E-state index contributed by atoms with van der Waals surface area (Å²) in [4.78, 5) is 23.4. The summed E-state index contributed by atoms with van der Waals surface area (Å²) in [7, 11) is 1.42. The van der Waals surface area contributed by atoms with Crippen LogP contribution in [-0.4, -0.2) is 154 Å². The molecule has 1 rings (SSSR count). The Labute approximate surface area is 314 Å². The van der Waals surface area contributed by atoms with Crippen molar-refractivity contribution >= 4 is 11.9 Å². The van der Waals surface area contributed by atoms with E-state index in [0.29, 0.717) is 0 Å². The molecule has 6 unspecified atom stereocenters. The van der Waals surface area contributed by atoms with Crippen molar-refractivity contribution in [3.8, 4) is 0 Å². The number of aliphatic hydroxyl groups excluding tert-OH is 8. The van der Waals surface area contributed by atoms with Gasteiger partial charge < -0.3 is 75.0 Å². The zero-order chi connectivity index (χ0) is 34.1. The summed E-state index contributed by atoms with van der Waals surface area (Å²) in [5.41, 5.74) is -2.50. The number of carboxylic acids is 1. The molecule has 1 aliphatic rings. The van der Waals surface area contributed by atoms with E-state index in [0.717, 1.165) is 0 Å². The third-order valence-electron chi connectivity index (χ3n) is 5.65. The van der Waals surface area contributed by atoms with Crippen molar-refractivity contribution in [3.63, 3.8) is 0 Å². The van der Waals surface area contributed by atoms with Gasteiger partial charge in [0.05, 0.1) is 38.4 Å². The first-order valence-corrected chi connectivity index (χ1v) is 13.6. The van der Waals surface area contributed by atoms with E-state index in [1.54, 1.807) is 13.8 Å². The minimum atomic E-state index is -1.67. The van der Waals surface area contributed by atoms with Crippen molar-refractivity contribution < 1.29 is 145 Å². The number of methoxy groups -OCH3 is 1. The third-order valence-corrected chi connectivity index (χ3v) is 5.65. The molecule has 17 nitrogen and oxygen atoms in total. The van der Waals surface area contributed by atoms with Gasteiger partial charge in [0.25, 0.3) is 0 Å². The molecule has 0 aromatic heterocycles. The van der Waals surface area contributed by atoms with Crippen LogP contribution in [0, 0.1) is 10.8 Å². The Morgan fingerprint density at radius 2 is 1.16 bits per heavy atom. The van der Waals surface area contributed by atoms with Crippen LogP contribution in [0.4, 0.5) is 0 Å². The number of aliphatic hydroxyl groups is 8. The molecule has 1 fully saturated rings.